The van der Waals surface area contributed by atoms with Gasteiger partial charge < -0.3 is 45.1 Å². The number of aliphatic hydroxyl groups is 5. The average Bonchev–Trinajstić information content (AvgIpc) is 3.67. The van der Waals surface area contributed by atoms with E-state index >= 15 is 0 Å². The van der Waals surface area contributed by atoms with Crippen molar-refractivity contribution in [3.63, 3.8) is 0 Å². The van der Waals surface area contributed by atoms with Crippen molar-refractivity contribution < 1.29 is 49.3 Å². The molecule has 482 valence electrons. The molecule has 8 unspecified atom stereocenters. The molecule has 0 saturated carbocycles. The molecular formula is C72H129NO10. The highest BCUT2D eigenvalue weighted by Crippen LogP contribution is 2.26. The summed E-state index contributed by atoms with van der Waals surface area (Å²) in [4.78, 5) is 26.6. The molecule has 83 heavy (non-hydrogen) atoms. The molecule has 11 heteroatoms. The molecule has 1 heterocycles. The van der Waals surface area contributed by atoms with E-state index in [2.05, 4.69) is 86.8 Å². The lowest BCUT2D eigenvalue weighted by atomic mass is 9.99. The molecule has 0 radical (unpaired) electrons. The molecule has 0 aliphatic carbocycles. The summed E-state index contributed by atoms with van der Waals surface area (Å²) in [5.74, 6) is -1.20. The normalized spacial score (nSPS) is 19.0. The zero-order valence-electron chi connectivity index (χ0n) is 53.6. The number of carbonyl (C=O) groups is 2. The lowest BCUT2D eigenvalue weighted by Crippen LogP contribution is -2.61. The molecule has 1 amide bonds. The number of hydrogen-bond acceptors (Lipinski definition) is 10. The van der Waals surface area contributed by atoms with E-state index < -0.39 is 67.4 Å². The van der Waals surface area contributed by atoms with Crippen LogP contribution in [0, 0.1) is 0 Å². The number of allylic oxidation sites excluding steroid dienone is 11. The number of ether oxygens (including phenoxy) is 3. The smallest absolute Gasteiger partial charge is 0.306 e. The number of esters is 1. The first-order valence-electron chi connectivity index (χ1n) is 34.7. The summed E-state index contributed by atoms with van der Waals surface area (Å²) in [5, 5.41) is 57.1. The largest absolute Gasteiger partial charge is 0.454 e. The van der Waals surface area contributed by atoms with Crippen LogP contribution in [0.2, 0.25) is 0 Å². The van der Waals surface area contributed by atoms with Crippen LogP contribution in [0.5, 0.6) is 0 Å². The second-order valence-corrected chi connectivity index (χ2v) is 23.9. The number of aliphatic hydroxyl groups excluding tert-OH is 5. The Morgan fingerprint density at radius 1 is 0.470 bits per heavy atom. The third-order valence-corrected chi connectivity index (χ3v) is 16.1. The van der Waals surface area contributed by atoms with Gasteiger partial charge in [-0.2, -0.15) is 0 Å². The van der Waals surface area contributed by atoms with Crippen molar-refractivity contribution in [2.75, 3.05) is 13.2 Å². The highest BCUT2D eigenvalue weighted by atomic mass is 16.7. The fraction of sp³-hybridized carbons (Fsp3) is 0.806. The molecule has 0 aromatic heterocycles. The van der Waals surface area contributed by atoms with Crippen molar-refractivity contribution in [1.29, 1.82) is 0 Å². The third-order valence-electron chi connectivity index (χ3n) is 16.1. The minimum Gasteiger partial charge on any atom is -0.454 e. The van der Waals surface area contributed by atoms with Gasteiger partial charge in [0.1, 0.15) is 24.4 Å². The topological polar surface area (TPSA) is 175 Å². The van der Waals surface area contributed by atoms with Gasteiger partial charge in [0, 0.05) is 6.42 Å². The van der Waals surface area contributed by atoms with Crippen molar-refractivity contribution in [2.45, 2.75) is 359 Å². The molecule has 0 bridgehead atoms. The van der Waals surface area contributed by atoms with Crippen LogP contribution < -0.4 is 5.32 Å². The molecule has 1 rings (SSSR count). The second-order valence-electron chi connectivity index (χ2n) is 23.9. The van der Waals surface area contributed by atoms with Crippen molar-refractivity contribution in [3.05, 3.63) is 72.9 Å². The van der Waals surface area contributed by atoms with Gasteiger partial charge in [-0.15, -0.1) is 0 Å². The van der Waals surface area contributed by atoms with Crippen molar-refractivity contribution in [2.24, 2.45) is 0 Å². The molecule has 0 aromatic rings. The van der Waals surface area contributed by atoms with Gasteiger partial charge >= 0.3 is 5.97 Å². The zero-order chi connectivity index (χ0) is 60.3. The SMILES string of the molecule is CCCCC/C=C\C/C=C\C/C=C\CCCCCCCCCCCCCCC(=O)OC1C(OCC(NC(=O)C(O)CCCCCCCCCC/C=C\C/C=C\CCCCC)C(O)/C=C/CCCCCCCCCCC)OC(CO)C(O)C1O. The number of carbonyl (C=O) groups excluding carboxylic acids is 2. The van der Waals surface area contributed by atoms with Gasteiger partial charge in [0.2, 0.25) is 5.91 Å². The number of nitrogens with one attached hydrogen (secondary N) is 1. The molecule has 0 spiro atoms. The molecule has 1 fully saturated rings. The van der Waals surface area contributed by atoms with Gasteiger partial charge in [-0.3, -0.25) is 9.59 Å². The molecule has 0 aromatic carbocycles. The monoisotopic (exact) mass is 1170 g/mol. The Morgan fingerprint density at radius 2 is 0.831 bits per heavy atom. The Bertz CT molecular complexity index is 1630. The highest BCUT2D eigenvalue weighted by Gasteiger charge is 2.47. The lowest BCUT2D eigenvalue weighted by Gasteiger charge is -2.41. The fourth-order valence-electron chi connectivity index (χ4n) is 10.6. The van der Waals surface area contributed by atoms with E-state index in [1.165, 1.54) is 180 Å². The van der Waals surface area contributed by atoms with E-state index in [0.717, 1.165) is 83.5 Å². The van der Waals surface area contributed by atoms with Gasteiger partial charge in [0.15, 0.2) is 12.4 Å². The highest BCUT2D eigenvalue weighted by molar-refractivity contribution is 5.80. The first-order valence-corrected chi connectivity index (χ1v) is 34.7. The van der Waals surface area contributed by atoms with E-state index in [-0.39, 0.29) is 19.4 Å². The van der Waals surface area contributed by atoms with E-state index in [0.29, 0.717) is 12.8 Å². The Labute approximate surface area is 509 Å². The molecule has 8 atom stereocenters. The molecule has 11 nitrogen and oxygen atoms in total. The van der Waals surface area contributed by atoms with Crippen LogP contribution in [-0.4, -0.2) is 99.6 Å². The Balaban J connectivity index is 2.56. The number of rotatable bonds is 59. The molecule has 6 N–H and O–H groups in total. The molecule has 1 aliphatic rings. The summed E-state index contributed by atoms with van der Waals surface area (Å²) in [6.45, 7) is 5.75. The van der Waals surface area contributed by atoms with Crippen LogP contribution in [-0.2, 0) is 23.8 Å². The molecule has 1 aliphatic heterocycles. The van der Waals surface area contributed by atoms with Crippen LogP contribution in [0.15, 0.2) is 72.9 Å². The van der Waals surface area contributed by atoms with Gasteiger partial charge in [0.05, 0.1) is 25.4 Å². The lowest BCUT2D eigenvalue weighted by molar-refractivity contribution is -0.305. The summed E-state index contributed by atoms with van der Waals surface area (Å²) in [5.41, 5.74) is 0. The Kier molecular flexibility index (Phi) is 55.9. The summed E-state index contributed by atoms with van der Waals surface area (Å²) < 4.78 is 17.7. The van der Waals surface area contributed by atoms with Crippen molar-refractivity contribution in [3.8, 4) is 0 Å². The quantitative estimate of drug-likeness (QED) is 0.0195. The van der Waals surface area contributed by atoms with Crippen LogP contribution >= 0.6 is 0 Å². The van der Waals surface area contributed by atoms with E-state index in [9.17, 15) is 35.1 Å². The zero-order valence-corrected chi connectivity index (χ0v) is 53.6. The minimum absolute atomic E-state index is 0.119. The van der Waals surface area contributed by atoms with Crippen LogP contribution in [0.1, 0.15) is 310 Å². The average molecular weight is 1170 g/mol. The maximum absolute atomic E-state index is 13.4. The number of hydrogen-bond donors (Lipinski definition) is 6. The number of unbranched alkanes of at least 4 members (excludes halogenated alkanes) is 35. The molecular weight excluding hydrogens is 1040 g/mol. The third kappa shape index (κ3) is 46.9. The summed E-state index contributed by atoms with van der Waals surface area (Å²) in [6, 6.07) is -1.03. The maximum atomic E-state index is 13.4. The predicted octanol–water partition coefficient (Wildman–Crippen LogP) is 17.5. The number of amides is 1. The first-order chi connectivity index (χ1) is 40.7. The van der Waals surface area contributed by atoms with Gasteiger partial charge in [-0.25, -0.2) is 0 Å². The van der Waals surface area contributed by atoms with Crippen LogP contribution in [0.4, 0.5) is 0 Å². The predicted molar refractivity (Wildman–Crippen MR) is 347 cm³/mol. The summed E-state index contributed by atoms with van der Waals surface area (Å²) in [6.07, 6.45) is 66.5. The second kappa shape index (κ2) is 59.4. The summed E-state index contributed by atoms with van der Waals surface area (Å²) >= 11 is 0. The maximum Gasteiger partial charge on any atom is 0.306 e. The Morgan fingerprint density at radius 3 is 1.27 bits per heavy atom. The van der Waals surface area contributed by atoms with Gasteiger partial charge in [-0.05, 0) is 96.3 Å². The van der Waals surface area contributed by atoms with Crippen molar-refractivity contribution >= 4 is 11.9 Å². The molecule has 1 saturated heterocycles. The fourth-order valence-corrected chi connectivity index (χ4v) is 10.6. The first kappa shape index (κ1) is 78.1. The van der Waals surface area contributed by atoms with E-state index in [1.807, 2.05) is 6.08 Å². The minimum atomic E-state index is -1.62. The van der Waals surface area contributed by atoms with E-state index in [1.54, 1.807) is 6.08 Å². The van der Waals surface area contributed by atoms with Gasteiger partial charge in [0.25, 0.3) is 0 Å². The van der Waals surface area contributed by atoms with Crippen LogP contribution in [0.3, 0.4) is 0 Å². The van der Waals surface area contributed by atoms with Crippen molar-refractivity contribution in [1.82, 2.24) is 5.32 Å². The van der Waals surface area contributed by atoms with Gasteiger partial charge in [-0.1, -0.05) is 280 Å². The van der Waals surface area contributed by atoms with Crippen LogP contribution in [0.25, 0.3) is 0 Å². The Hall–Kier alpha value is -2.90. The van der Waals surface area contributed by atoms with E-state index in [4.69, 9.17) is 14.2 Å². The standard InChI is InChI=1S/C72H129NO10/c1-4-7-10-13-16-19-22-24-26-28-30-31-32-33-34-35-36-38-40-42-45-48-51-54-57-60-67(77)83-70-69(79)68(78)66(61-74)82-72(70)81-62-63(64(75)58-55-52-49-46-43-21-18-15-12-9-6-3)73-71(80)65(76)59-56-53-50-47-44-41-39-37-29-27-25-23-20-17-14-11-8-5-2/h16-17,19-20,24-27,30-31,55,58,63-66,68-70,72,74-76,78-79H,4-15,18,21-23,28-29,32-54,56-57,59-62H2,1-3H3,(H,73,80)/b19-16-,20-17-,26-24-,27-25-,31-30-,58-55+. The summed E-state index contributed by atoms with van der Waals surface area (Å²) in [7, 11) is 0.